The molecule has 1 unspecified atom stereocenters. The minimum atomic E-state index is -0.803. The van der Waals surface area contributed by atoms with Gasteiger partial charge in [0.1, 0.15) is 17.3 Å². The van der Waals surface area contributed by atoms with Gasteiger partial charge in [-0.25, -0.2) is 0 Å². The molecular formula is C31H33NO5. The summed E-state index contributed by atoms with van der Waals surface area (Å²) < 4.78 is 11.4. The van der Waals surface area contributed by atoms with Gasteiger partial charge >= 0.3 is 0 Å². The molecule has 0 spiro atoms. The summed E-state index contributed by atoms with van der Waals surface area (Å²) in [4.78, 5) is 28.4. The Labute approximate surface area is 218 Å². The lowest BCUT2D eigenvalue weighted by atomic mass is 9.87. The maximum atomic E-state index is 13.5. The zero-order valence-electron chi connectivity index (χ0n) is 21.9. The van der Waals surface area contributed by atoms with E-state index in [2.05, 4.69) is 20.8 Å². The van der Waals surface area contributed by atoms with E-state index in [4.69, 9.17) is 9.47 Å². The van der Waals surface area contributed by atoms with Gasteiger partial charge in [0.15, 0.2) is 0 Å². The van der Waals surface area contributed by atoms with Crippen LogP contribution in [0.2, 0.25) is 0 Å². The van der Waals surface area contributed by atoms with Gasteiger partial charge in [0.2, 0.25) is 0 Å². The zero-order valence-corrected chi connectivity index (χ0v) is 21.9. The fourth-order valence-electron chi connectivity index (χ4n) is 4.55. The van der Waals surface area contributed by atoms with E-state index in [-0.39, 0.29) is 16.7 Å². The summed E-state index contributed by atoms with van der Waals surface area (Å²) in [5.41, 5.74) is 2.69. The summed E-state index contributed by atoms with van der Waals surface area (Å²) in [5.74, 6) is -0.766. The lowest BCUT2D eigenvalue weighted by Gasteiger charge is -2.27. The van der Waals surface area contributed by atoms with E-state index >= 15 is 0 Å². The topological polar surface area (TPSA) is 76.1 Å². The molecule has 6 nitrogen and oxygen atoms in total. The van der Waals surface area contributed by atoms with Gasteiger partial charge in [-0.15, -0.1) is 0 Å². The maximum Gasteiger partial charge on any atom is 0.300 e. The molecule has 0 aromatic heterocycles. The van der Waals surface area contributed by atoms with Crippen LogP contribution in [0.1, 0.15) is 57.4 Å². The lowest BCUT2D eigenvalue weighted by Crippen LogP contribution is -2.29. The Hall–Kier alpha value is -4.06. The largest absolute Gasteiger partial charge is 0.507 e. The number of Topliss-reactive ketones (excluding diaryl/α,β-unsaturated/α-hetero) is 1. The smallest absolute Gasteiger partial charge is 0.300 e. The van der Waals surface area contributed by atoms with Crippen molar-refractivity contribution in [3.8, 4) is 11.5 Å². The number of aliphatic hydroxyl groups excluding tert-OH is 1. The van der Waals surface area contributed by atoms with Crippen LogP contribution in [0.3, 0.4) is 0 Å². The summed E-state index contributed by atoms with van der Waals surface area (Å²) in [6, 6.07) is 21.1. The molecule has 3 aromatic rings. The standard InChI is InChI=1S/C31H33NO5/c1-6-36-23-17-18-24(25(19-23)37-7-2)28(33)26-27(20-11-9-8-10-12-20)32(30(35)29(26)34)22-15-13-21(14-16-22)31(3,4)5/h8-19,27,33H,6-7H2,1-5H3/b28-26-. The van der Waals surface area contributed by atoms with E-state index in [1.165, 1.54) is 4.90 Å². The highest BCUT2D eigenvalue weighted by molar-refractivity contribution is 6.51. The van der Waals surface area contributed by atoms with Crippen molar-refractivity contribution in [2.45, 2.75) is 46.1 Å². The number of hydrogen-bond acceptors (Lipinski definition) is 5. The first-order valence-electron chi connectivity index (χ1n) is 12.5. The number of ketones is 1. The van der Waals surface area contributed by atoms with Gasteiger partial charge in [-0.1, -0.05) is 63.2 Å². The van der Waals surface area contributed by atoms with E-state index in [0.29, 0.717) is 41.5 Å². The van der Waals surface area contributed by atoms with Crippen molar-refractivity contribution in [1.82, 2.24) is 0 Å². The Morgan fingerprint density at radius 3 is 2.14 bits per heavy atom. The number of nitrogens with zero attached hydrogens (tertiary/aromatic N) is 1. The fourth-order valence-corrected chi connectivity index (χ4v) is 4.55. The van der Waals surface area contributed by atoms with E-state index in [1.54, 1.807) is 18.2 Å². The third kappa shape index (κ3) is 5.10. The van der Waals surface area contributed by atoms with Crippen LogP contribution < -0.4 is 14.4 Å². The van der Waals surface area contributed by atoms with Gasteiger partial charge in [-0.3, -0.25) is 14.5 Å². The highest BCUT2D eigenvalue weighted by Crippen LogP contribution is 2.44. The summed E-state index contributed by atoms with van der Waals surface area (Å²) in [6.07, 6.45) is 0. The number of rotatable bonds is 7. The molecule has 0 bridgehead atoms. The number of carbonyl (C=O) groups excluding carboxylic acids is 2. The Morgan fingerprint density at radius 1 is 0.892 bits per heavy atom. The number of carbonyl (C=O) groups is 2. The van der Waals surface area contributed by atoms with Crippen LogP contribution in [0.5, 0.6) is 11.5 Å². The van der Waals surface area contributed by atoms with Gasteiger partial charge in [-0.05, 0) is 54.7 Å². The Kier molecular flexibility index (Phi) is 7.39. The van der Waals surface area contributed by atoms with Crippen LogP contribution in [0.15, 0.2) is 78.4 Å². The molecule has 0 aliphatic carbocycles. The summed E-state index contributed by atoms with van der Waals surface area (Å²) in [6.45, 7) is 10.9. The van der Waals surface area contributed by atoms with Crippen molar-refractivity contribution in [2.24, 2.45) is 0 Å². The summed E-state index contributed by atoms with van der Waals surface area (Å²) in [7, 11) is 0. The second-order valence-electron chi connectivity index (χ2n) is 9.90. The third-order valence-electron chi connectivity index (χ3n) is 6.39. The SMILES string of the molecule is CCOc1ccc(/C(O)=C2/C(=O)C(=O)N(c3ccc(C(C)(C)C)cc3)C2c2ccccc2)c(OCC)c1. The number of hydrogen-bond donors (Lipinski definition) is 1. The second kappa shape index (κ2) is 10.5. The maximum absolute atomic E-state index is 13.5. The van der Waals surface area contributed by atoms with Crippen molar-refractivity contribution < 1.29 is 24.2 Å². The van der Waals surface area contributed by atoms with Crippen molar-refractivity contribution in [2.75, 3.05) is 18.1 Å². The molecule has 3 aromatic carbocycles. The van der Waals surface area contributed by atoms with Crippen LogP contribution in [0.4, 0.5) is 5.69 Å². The molecule has 1 heterocycles. The van der Waals surface area contributed by atoms with Crippen LogP contribution >= 0.6 is 0 Å². The molecule has 192 valence electrons. The predicted octanol–water partition coefficient (Wildman–Crippen LogP) is 6.41. The predicted molar refractivity (Wildman–Crippen MR) is 145 cm³/mol. The van der Waals surface area contributed by atoms with E-state index in [0.717, 1.165) is 5.56 Å². The first-order valence-corrected chi connectivity index (χ1v) is 12.5. The van der Waals surface area contributed by atoms with Crippen LogP contribution in [0.25, 0.3) is 5.76 Å². The van der Waals surface area contributed by atoms with Crippen molar-refractivity contribution in [3.63, 3.8) is 0 Å². The number of anilines is 1. The monoisotopic (exact) mass is 499 g/mol. The number of ether oxygens (including phenoxy) is 2. The van der Waals surface area contributed by atoms with E-state index in [9.17, 15) is 14.7 Å². The molecule has 1 saturated heterocycles. The molecule has 1 N–H and O–H groups in total. The van der Waals surface area contributed by atoms with Gasteiger partial charge in [0.05, 0.1) is 30.4 Å². The van der Waals surface area contributed by atoms with Crippen LogP contribution in [-0.2, 0) is 15.0 Å². The van der Waals surface area contributed by atoms with E-state index in [1.807, 2.05) is 68.4 Å². The van der Waals surface area contributed by atoms with Gasteiger partial charge in [0, 0.05) is 11.8 Å². The van der Waals surface area contributed by atoms with Gasteiger partial charge in [-0.2, -0.15) is 0 Å². The molecule has 0 saturated carbocycles. The number of benzene rings is 3. The molecule has 1 fully saturated rings. The molecule has 4 rings (SSSR count). The lowest BCUT2D eigenvalue weighted by molar-refractivity contribution is -0.132. The van der Waals surface area contributed by atoms with Crippen molar-refractivity contribution in [3.05, 3.63) is 95.1 Å². The van der Waals surface area contributed by atoms with Crippen molar-refractivity contribution >= 4 is 23.1 Å². The fraction of sp³-hybridized carbons (Fsp3) is 0.290. The van der Waals surface area contributed by atoms with E-state index < -0.39 is 17.7 Å². The summed E-state index contributed by atoms with van der Waals surface area (Å²) in [5, 5.41) is 11.5. The van der Waals surface area contributed by atoms with Crippen molar-refractivity contribution in [1.29, 1.82) is 0 Å². The number of aliphatic hydroxyl groups is 1. The first-order chi connectivity index (χ1) is 17.7. The average molecular weight is 500 g/mol. The normalized spacial score (nSPS) is 17.2. The Balaban J connectivity index is 1.90. The highest BCUT2D eigenvalue weighted by atomic mass is 16.5. The molecule has 6 heteroatoms. The van der Waals surface area contributed by atoms with Gasteiger partial charge < -0.3 is 14.6 Å². The Morgan fingerprint density at radius 2 is 1.54 bits per heavy atom. The second-order valence-corrected chi connectivity index (χ2v) is 9.90. The van der Waals surface area contributed by atoms with Gasteiger partial charge in [0.25, 0.3) is 11.7 Å². The third-order valence-corrected chi connectivity index (χ3v) is 6.39. The summed E-state index contributed by atoms with van der Waals surface area (Å²) >= 11 is 0. The van der Waals surface area contributed by atoms with Crippen LogP contribution in [0, 0.1) is 0 Å². The molecule has 1 amide bonds. The van der Waals surface area contributed by atoms with Crippen LogP contribution in [-0.4, -0.2) is 30.0 Å². The molecule has 0 radical (unpaired) electrons. The quantitative estimate of drug-likeness (QED) is 0.231. The molecule has 37 heavy (non-hydrogen) atoms. The molecule has 1 atom stereocenters. The highest BCUT2D eigenvalue weighted by Gasteiger charge is 2.47. The Bertz CT molecular complexity index is 1320. The minimum Gasteiger partial charge on any atom is -0.507 e. The molecular weight excluding hydrogens is 466 g/mol. The molecule has 1 aliphatic rings. The zero-order chi connectivity index (χ0) is 26.7. The first kappa shape index (κ1) is 26.0. The minimum absolute atomic E-state index is 0.0150. The molecule has 1 aliphatic heterocycles. The number of amides is 1. The average Bonchev–Trinajstić information content (AvgIpc) is 3.14.